The predicted octanol–water partition coefficient (Wildman–Crippen LogP) is 3.44. The Bertz CT molecular complexity index is 888. The summed E-state index contributed by atoms with van der Waals surface area (Å²) in [5.41, 5.74) is 0.471. The first kappa shape index (κ1) is 14.5. The first-order valence-corrected chi connectivity index (χ1v) is 6.80. The van der Waals surface area contributed by atoms with Gasteiger partial charge in [-0.2, -0.15) is 0 Å². The molecule has 0 aliphatic heterocycles. The first-order valence-electron chi connectivity index (χ1n) is 6.26. The molecule has 1 aromatic carbocycles. The molecule has 22 heavy (non-hydrogen) atoms. The van der Waals surface area contributed by atoms with E-state index in [1.807, 2.05) is 0 Å². The molecule has 0 atom stereocenters. The largest absolute Gasteiger partial charge is 0.472 e. The summed E-state index contributed by atoms with van der Waals surface area (Å²) in [4.78, 5) is 18.6. The number of aromatic amines is 1. The Labute approximate surface area is 128 Å². The first-order chi connectivity index (χ1) is 10.6. The van der Waals surface area contributed by atoms with Crippen molar-refractivity contribution in [1.29, 1.82) is 0 Å². The molecule has 0 bridgehead atoms. The Morgan fingerprint density at radius 2 is 1.95 bits per heavy atom. The molecule has 0 saturated heterocycles. The Morgan fingerprint density at radius 3 is 2.64 bits per heavy atom. The maximum absolute atomic E-state index is 13.9. The maximum Gasteiger partial charge on any atom is 0.257 e. The van der Waals surface area contributed by atoms with Gasteiger partial charge in [0.05, 0.1) is 16.6 Å². The topological polar surface area (TPSA) is 55.0 Å². The van der Waals surface area contributed by atoms with Gasteiger partial charge in [-0.25, -0.2) is 8.78 Å². The van der Waals surface area contributed by atoms with Gasteiger partial charge in [0.15, 0.2) is 23.5 Å². The quantitative estimate of drug-likeness (QED) is 0.751. The number of fused-ring (bicyclic) bond motifs is 1. The summed E-state index contributed by atoms with van der Waals surface area (Å²) in [5, 5.41) is 0.397. The third-order valence-corrected chi connectivity index (χ3v) is 3.23. The number of alkyl halides is 1. The molecule has 0 aliphatic rings. The van der Waals surface area contributed by atoms with E-state index in [1.54, 1.807) is 18.2 Å². The summed E-state index contributed by atoms with van der Waals surface area (Å²) in [6, 6.07) is 6.55. The van der Waals surface area contributed by atoms with Crippen molar-refractivity contribution >= 4 is 22.5 Å². The second kappa shape index (κ2) is 5.73. The molecule has 3 rings (SSSR count). The molecule has 0 spiro atoms. The van der Waals surface area contributed by atoms with Crippen LogP contribution in [0.1, 0.15) is 0 Å². The van der Waals surface area contributed by atoms with Crippen molar-refractivity contribution < 1.29 is 13.5 Å². The summed E-state index contributed by atoms with van der Waals surface area (Å²) in [7, 11) is 0. The normalized spacial score (nSPS) is 10.9. The Morgan fingerprint density at radius 1 is 1.23 bits per heavy atom. The Kier molecular flexibility index (Phi) is 3.77. The van der Waals surface area contributed by atoms with Gasteiger partial charge in [-0.1, -0.05) is 11.6 Å². The number of rotatable bonds is 3. The van der Waals surface area contributed by atoms with Crippen molar-refractivity contribution in [1.82, 2.24) is 9.97 Å². The fourth-order valence-corrected chi connectivity index (χ4v) is 2.26. The molecule has 4 nitrogen and oxygen atoms in total. The maximum atomic E-state index is 13.9. The highest BCUT2D eigenvalue weighted by Crippen LogP contribution is 2.28. The van der Waals surface area contributed by atoms with Crippen LogP contribution in [0, 0.1) is 11.6 Å². The van der Waals surface area contributed by atoms with Gasteiger partial charge in [0.1, 0.15) is 0 Å². The molecule has 2 aromatic heterocycles. The highest BCUT2D eigenvalue weighted by molar-refractivity contribution is 6.17. The van der Waals surface area contributed by atoms with Crippen LogP contribution in [-0.2, 0) is 0 Å². The molecule has 0 fully saturated rings. The molecule has 0 amide bonds. The van der Waals surface area contributed by atoms with Crippen LogP contribution in [0.5, 0.6) is 5.75 Å². The molecular weight excluding hydrogens is 314 g/mol. The standard InChI is InChI=1S/C15H9ClF2N2O2/c16-7-22-14-10(17)4-8(5-11(14)18)12-6-13-9(15(21)20-12)2-1-3-19-13/h1-6H,7H2,(H,20,21). The molecule has 0 unspecified atom stereocenters. The molecule has 0 radical (unpaired) electrons. The van der Waals surface area contributed by atoms with E-state index >= 15 is 0 Å². The highest BCUT2D eigenvalue weighted by atomic mass is 35.5. The summed E-state index contributed by atoms with van der Waals surface area (Å²) in [6.07, 6.45) is 1.53. The summed E-state index contributed by atoms with van der Waals surface area (Å²) >= 11 is 5.31. The molecule has 0 aliphatic carbocycles. The fourth-order valence-electron chi connectivity index (χ4n) is 2.15. The molecular formula is C15H9ClF2N2O2. The van der Waals surface area contributed by atoms with E-state index in [0.29, 0.717) is 10.9 Å². The second-order valence-electron chi connectivity index (χ2n) is 4.47. The van der Waals surface area contributed by atoms with Crippen LogP contribution < -0.4 is 10.3 Å². The van der Waals surface area contributed by atoms with Crippen LogP contribution in [0.3, 0.4) is 0 Å². The number of nitrogens with one attached hydrogen (secondary N) is 1. The summed E-state index contributed by atoms with van der Waals surface area (Å²) in [5.74, 6) is -2.37. The van der Waals surface area contributed by atoms with Crippen molar-refractivity contribution in [2.75, 3.05) is 6.07 Å². The minimum Gasteiger partial charge on any atom is -0.472 e. The van der Waals surface area contributed by atoms with Crippen molar-refractivity contribution in [2.45, 2.75) is 0 Å². The third kappa shape index (κ3) is 2.53. The average Bonchev–Trinajstić information content (AvgIpc) is 2.50. The van der Waals surface area contributed by atoms with E-state index in [0.717, 1.165) is 12.1 Å². The van der Waals surface area contributed by atoms with Gasteiger partial charge in [0, 0.05) is 11.8 Å². The minimum absolute atomic E-state index is 0.168. The van der Waals surface area contributed by atoms with Crippen molar-refractivity contribution in [3.8, 4) is 17.0 Å². The van der Waals surface area contributed by atoms with Crippen LogP contribution in [0.4, 0.5) is 8.78 Å². The zero-order valence-electron chi connectivity index (χ0n) is 11.1. The number of ether oxygens (including phenoxy) is 1. The van der Waals surface area contributed by atoms with E-state index in [9.17, 15) is 13.6 Å². The lowest BCUT2D eigenvalue weighted by Crippen LogP contribution is -2.08. The summed E-state index contributed by atoms with van der Waals surface area (Å²) < 4.78 is 32.4. The molecule has 112 valence electrons. The second-order valence-corrected chi connectivity index (χ2v) is 4.69. The lowest BCUT2D eigenvalue weighted by molar-refractivity contribution is 0.340. The van der Waals surface area contributed by atoms with Crippen LogP contribution in [0.15, 0.2) is 41.3 Å². The summed E-state index contributed by atoms with van der Waals surface area (Å²) in [6.45, 7) is 0. The molecule has 7 heteroatoms. The number of hydrogen-bond acceptors (Lipinski definition) is 3. The number of H-pyrrole nitrogens is 1. The lowest BCUT2D eigenvalue weighted by Gasteiger charge is -2.08. The van der Waals surface area contributed by atoms with Crippen molar-refractivity contribution in [3.05, 3.63) is 58.5 Å². The smallest absolute Gasteiger partial charge is 0.257 e. The molecule has 3 aromatic rings. The average molecular weight is 323 g/mol. The van der Waals surface area contributed by atoms with Crippen molar-refractivity contribution in [2.24, 2.45) is 0 Å². The fraction of sp³-hybridized carbons (Fsp3) is 0.0667. The number of aromatic nitrogens is 2. The predicted molar refractivity (Wildman–Crippen MR) is 79.1 cm³/mol. The van der Waals surface area contributed by atoms with Crippen LogP contribution in [0.25, 0.3) is 22.2 Å². The molecule has 0 saturated carbocycles. The van der Waals surface area contributed by atoms with E-state index in [1.165, 1.54) is 6.20 Å². The van der Waals surface area contributed by atoms with Gasteiger partial charge in [-0.15, -0.1) is 0 Å². The Hall–Kier alpha value is -2.47. The zero-order valence-corrected chi connectivity index (χ0v) is 11.8. The number of benzene rings is 1. The highest BCUT2D eigenvalue weighted by Gasteiger charge is 2.14. The van der Waals surface area contributed by atoms with Crippen LogP contribution in [0.2, 0.25) is 0 Å². The third-order valence-electron chi connectivity index (χ3n) is 3.12. The van der Waals surface area contributed by atoms with E-state index in [2.05, 4.69) is 14.7 Å². The zero-order chi connectivity index (χ0) is 15.7. The number of hydrogen-bond donors (Lipinski definition) is 1. The monoisotopic (exact) mass is 322 g/mol. The Balaban J connectivity index is 2.17. The van der Waals surface area contributed by atoms with Gasteiger partial charge >= 0.3 is 0 Å². The number of pyridine rings is 2. The van der Waals surface area contributed by atoms with E-state index in [-0.39, 0.29) is 22.9 Å². The van der Waals surface area contributed by atoms with Crippen LogP contribution in [-0.4, -0.2) is 16.0 Å². The lowest BCUT2D eigenvalue weighted by atomic mass is 10.1. The van der Waals surface area contributed by atoms with Gasteiger partial charge in [-0.3, -0.25) is 9.78 Å². The van der Waals surface area contributed by atoms with Crippen molar-refractivity contribution in [3.63, 3.8) is 0 Å². The van der Waals surface area contributed by atoms with E-state index in [4.69, 9.17) is 11.6 Å². The van der Waals surface area contributed by atoms with E-state index < -0.39 is 17.4 Å². The number of halogens is 3. The van der Waals surface area contributed by atoms with Gasteiger partial charge < -0.3 is 9.72 Å². The van der Waals surface area contributed by atoms with Crippen LogP contribution >= 0.6 is 11.6 Å². The number of nitrogens with zero attached hydrogens (tertiary/aromatic N) is 1. The van der Waals surface area contributed by atoms with Gasteiger partial charge in [-0.05, 0) is 30.3 Å². The minimum atomic E-state index is -0.905. The molecule has 1 N–H and O–H groups in total. The van der Waals surface area contributed by atoms with Gasteiger partial charge in [0.25, 0.3) is 5.56 Å². The van der Waals surface area contributed by atoms with Gasteiger partial charge in [0.2, 0.25) is 0 Å². The molecule has 2 heterocycles. The SMILES string of the molecule is O=c1[nH]c(-c2cc(F)c(OCCl)c(F)c2)cc2ncccc12.